The van der Waals surface area contributed by atoms with Gasteiger partial charge in [-0.25, -0.2) is 4.68 Å². The fourth-order valence-electron chi connectivity index (χ4n) is 2.95. The third-order valence-corrected chi connectivity index (χ3v) is 4.39. The van der Waals surface area contributed by atoms with Gasteiger partial charge in [-0.3, -0.25) is 14.4 Å². The van der Waals surface area contributed by atoms with Crippen LogP contribution in [-0.4, -0.2) is 68.6 Å². The van der Waals surface area contributed by atoms with Gasteiger partial charge in [0.1, 0.15) is 23.8 Å². The molecule has 1 fully saturated rings. The normalized spacial score (nSPS) is 14.6. The molecule has 9 heteroatoms. The summed E-state index contributed by atoms with van der Waals surface area (Å²) in [6.07, 6.45) is 1.46. The van der Waals surface area contributed by atoms with E-state index in [4.69, 9.17) is 4.42 Å². The molecule has 0 N–H and O–H groups in total. The van der Waals surface area contributed by atoms with E-state index in [1.165, 1.54) is 17.8 Å². The first-order valence-electron chi connectivity index (χ1n) is 8.40. The number of carbonyl (C=O) groups excluding carboxylic acids is 3. The highest BCUT2D eigenvalue weighted by Crippen LogP contribution is 2.17. The molecule has 3 rings (SSSR count). The molecule has 0 aliphatic carbocycles. The number of furan rings is 1. The van der Waals surface area contributed by atoms with E-state index in [0.717, 1.165) is 0 Å². The van der Waals surface area contributed by atoms with E-state index >= 15 is 0 Å². The quantitative estimate of drug-likeness (QED) is 0.744. The Morgan fingerprint density at radius 2 is 1.77 bits per heavy atom. The summed E-state index contributed by atoms with van der Waals surface area (Å²) in [7, 11) is 0. The van der Waals surface area contributed by atoms with E-state index in [2.05, 4.69) is 10.3 Å². The highest BCUT2D eigenvalue weighted by Gasteiger charge is 2.27. The molecule has 2 amide bonds. The number of hydrogen-bond acceptors (Lipinski definition) is 6. The van der Waals surface area contributed by atoms with Crippen molar-refractivity contribution in [3.8, 4) is 0 Å². The first kappa shape index (κ1) is 17.8. The Kier molecular flexibility index (Phi) is 4.88. The van der Waals surface area contributed by atoms with Crippen LogP contribution >= 0.6 is 0 Å². The third kappa shape index (κ3) is 3.66. The van der Waals surface area contributed by atoms with Gasteiger partial charge in [-0.05, 0) is 19.9 Å². The van der Waals surface area contributed by atoms with Crippen molar-refractivity contribution in [2.45, 2.75) is 27.3 Å². The number of amides is 2. The van der Waals surface area contributed by atoms with Crippen LogP contribution in [0.4, 0.5) is 0 Å². The number of Topliss-reactive ketones (excluding diaryl/α,β-unsaturated/α-hetero) is 1. The van der Waals surface area contributed by atoms with Crippen LogP contribution in [0.5, 0.6) is 0 Å². The molecule has 0 aromatic carbocycles. The van der Waals surface area contributed by atoms with Gasteiger partial charge in [0.05, 0.1) is 11.8 Å². The van der Waals surface area contributed by atoms with Crippen LogP contribution in [-0.2, 0) is 11.3 Å². The molecule has 3 heterocycles. The number of piperazine rings is 1. The van der Waals surface area contributed by atoms with Crippen LogP contribution in [0.1, 0.15) is 39.3 Å². The summed E-state index contributed by atoms with van der Waals surface area (Å²) in [5.74, 6) is 0.928. The molecule has 2 aromatic rings. The number of ketones is 1. The number of aryl methyl sites for hydroxylation is 2. The Hall–Kier alpha value is -2.97. The molecule has 0 bridgehead atoms. The summed E-state index contributed by atoms with van der Waals surface area (Å²) in [6.45, 7) is 6.83. The Labute approximate surface area is 150 Å². The summed E-state index contributed by atoms with van der Waals surface area (Å²) in [6, 6.07) is 1.74. The summed E-state index contributed by atoms with van der Waals surface area (Å²) in [5.41, 5.74) is 0.806. The Morgan fingerprint density at radius 1 is 1.12 bits per heavy atom. The highest BCUT2D eigenvalue weighted by molar-refractivity contribution is 5.95. The van der Waals surface area contributed by atoms with Gasteiger partial charge in [-0.15, -0.1) is 5.10 Å². The standard InChI is InChI=1S/C17H21N5O4/c1-11-8-14(13(3)26-11)17(25)21-6-4-20(5-7-21)16(24)10-22-9-15(12(2)23)18-19-22/h8-9H,4-7,10H2,1-3H3. The van der Waals surface area contributed by atoms with E-state index in [-0.39, 0.29) is 29.8 Å². The molecule has 9 nitrogen and oxygen atoms in total. The lowest BCUT2D eigenvalue weighted by Crippen LogP contribution is -2.51. The predicted octanol–water partition coefficient (Wildman–Crippen LogP) is 0.675. The van der Waals surface area contributed by atoms with Gasteiger partial charge in [0.2, 0.25) is 5.91 Å². The van der Waals surface area contributed by atoms with Crippen molar-refractivity contribution in [1.82, 2.24) is 24.8 Å². The number of hydrogen-bond donors (Lipinski definition) is 0. The number of carbonyl (C=O) groups is 3. The summed E-state index contributed by atoms with van der Waals surface area (Å²) in [4.78, 5) is 39.6. The van der Waals surface area contributed by atoms with E-state index in [1.807, 2.05) is 6.92 Å². The summed E-state index contributed by atoms with van der Waals surface area (Å²) in [5, 5.41) is 7.51. The second-order valence-electron chi connectivity index (χ2n) is 6.36. The molecule has 0 spiro atoms. The molecule has 1 aliphatic rings. The molecule has 138 valence electrons. The van der Waals surface area contributed by atoms with Crippen LogP contribution in [0.15, 0.2) is 16.7 Å². The topological polar surface area (TPSA) is 102 Å². The van der Waals surface area contributed by atoms with Gasteiger partial charge >= 0.3 is 0 Å². The van der Waals surface area contributed by atoms with E-state index in [9.17, 15) is 14.4 Å². The molecule has 2 aromatic heterocycles. The fourth-order valence-corrected chi connectivity index (χ4v) is 2.95. The Bertz CT molecular complexity index is 845. The average Bonchev–Trinajstić information content (AvgIpc) is 3.20. The largest absolute Gasteiger partial charge is 0.466 e. The van der Waals surface area contributed by atoms with Gasteiger partial charge < -0.3 is 14.2 Å². The lowest BCUT2D eigenvalue weighted by atomic mass is 10.2. The number of nitrogens with zero attached hydrogens (tertiary/aromatic N) is 5. The SMILES string of the molecule is CC(=O)c1cn(CC(=O)N2CCN(C(=O)c3cc(C)oc3C)CC2)nn1. The van der Waals surface area contributed by atoms with Crippen LogP contribution < -0.4 is 0 Å². The maximum Gasteiger partial charge on any atom is 0.257 e. The van der Waals surface area contributed by atoms with Gasteiger partial charge in [0, 0.05) is 33.1 Å². The van der Waals surface area contributed by atoms with Crippen LogP contribution in [0.3, 0.4) is 0 Å². The Morgan fingerprint density at radius 3 is 2.31 bits per heavy atom. The molecule has 0 atom stereocenters. The monoisotopic (exact) mass is 359 g/mol. The predicted molar refractivity (Wildman–Crippen MR) is 90.7 cm³/mol. The van der Waals surface area contributed by atoms with Gasteiger partial charge in [0.25, 0.3) is 5.91 Å². The molecular weight excluding hydrogens is 338 g/mol. The van der Waals surface area contributed by atoms with Crippen molar-refractivity contribution in [2.24, 2.45) is 0 Å². The maximum atomic E-state index is 12.6. The van der Waals surface area contributed by atoms with E-state index in [0.29, 0.717) is 43.3 Å². The van der Waals surface area contributed by atoms with Crippen molar-refractivity contribution in [3.63, 3.8) is 0 Å². The minimum Gasteiger partial charge on any atom is -0.466 e. The van der Waals surface area contributed by atoms with E-state index < -0.39 is 0 Å². The molecule has 26 heavy (non-hydrogen) atoms. The second kappa shape index (κ2) is 7.11. The van der Waals surface area contributed by atoms with Crippen molar-refractivity contribution in [1.29, 1.82) is 0 Å². The molecule has 1 aliphatic heterocycles. The molecule has 1 saturated heterocycles. The summed E-state index contributed by atoms with van der Waals surface area (Å²) < 4.78 is 6.77. The molecule has 0 unspecified atom stereocenters. The van der Waals surface area contributed by atoms with Crippen LogP contribution in [0, 0.1) is 13.8 Å². The number of aromatic nitrogens is 3. The molecule has 0 saturated carbocycles. The zero-order valence-corrected chi connectivity index (χ0v) is 15.1. The van der Waals surface area contributed by atoms with Crippen LogP contribution in [0.2, 0.25) is 0 Å². The average molecular weight is 359 g/mol. The highest BCUT2D eigenvalue weighted by atomic mass is 16.3. The van der Waals surface area contributed by atoms with Crippen molar-refractivity contribution < 1.29 is 18.8 Å². The molecule has 0 radical (unpaired) electrons. The van der Waals surface area contributed by atoms with E-state index in [1.54, 1.807) is 22.8 Å². The van der Waals surface area contributed by atoms with Crippen LogP contribution in [0.25, 0.3) is 0 Å². The minimum atomic E-state index is -0.194. The second-order valence-corrected chi connectivity index (χ2v) is 6.36. The zero-order chi connectivity index (χ0) is 18.8. The third-order valence-electron chi connectivity index (χ3n) is 4.39. The zero-order valence-electron chi connectivity index (χ0n) is 15.1. The van der Waals surface area contributed by atoms with Gasteiger partial charge in [-0.2, -0.15) is 0 Å². The fraction of sp³-hybridized carbons (Fsp3) is 0.471. The summed E-state index contributed by atoms with van der Waals surface area (Å²) >= 11 is 0. The van der Waals surface area contributed by atoms with Crippen molar-refractivity contribution in [2.75, 3.05) is 26.2 Å². The van der Waals surface area contributed by atoms with Crippen molar-refractivity contribution in [3.05, 3.63) is 35.0 Å². The van der Waals surface area contributed by atoms with Gasteiger partial charge in [0.15, 0.2) is 5.78 Å². The van der Waals surface area contributed by atoms with Gasteiger partial charge in [-0.1, -0.05) is 5.21 Å². The minimum absolute atomic E-state index is 0.0221. The molecular formula is C17H21N5O4. The first-order chi connectivity index (χ1) is 12.3. The smallest absolute Gasteiger partial charge is 0.257 e. The lowest BCUT2D eigenvalue weighted by Gasteiger charge is -2.34. The maximum absolute atomic E-state index is 12.6. The Balaban J connectivity index is 1.55. The first-order valence-corrected chi connectivity index (χ1v) is 8.40. The van der Waals surface area contributed by atoms with Crippen molar-refractivity contribution >= 4 is 17.6 Å². The number of rotatable bonds is 4. The lowest BCUT2D eigenvalue weighted by molar-refractivity contribution is -0.133.